The summed E-state index contributed by atoms with van der Waals surface area (Å²) in [4.78, 5) is 17.8. The highest BCUT2D eigenvalue weighted by Gasteiger charge is 2.22. The Kier molecular flexibility index (Phi) is 5.92. The van der Waals surface area contributed by atoms with Gasteiger partial charge in [-0.25, -0.2) is 18.1 Å². The topological polar surface area (TPSA) is 115 Å². The van der Waals surface area contributed by atoms with Crippen LogP contribution in [0.15, 0.2) is 41.6 Å². The molecule has 164 valence electrons. The zero-order chi connectivity index (χ0) is 22.0. The SMILES string of the molecule is CCn1ncc2c(NC3CCOCC3)c(C(=O)Nc3ccc(S(C)(=O)=O)cc3)cnc21. The third kappa shape index (κ3) is 4.54. The molecule has 1 aromatic carbocycles. The number of aromatic nitrogens is 3. The highest BCUT2D eigenvalue weighted by atomic mass is 32.2. The molecule has 4 rings (SSSR count). The van der Waals surface area contributed by atoms with E-state index < -0.39 is 9.84 Å². The summed E-state index contributed by atoms with van der Waals surface area (Å²) in [6, 6.07) is 6.27. The molecule has 0 radical (unpaired) electrons. The first-order valence-electron chi connectivity index (χ1n) is 10.2. The van der Waals surface area contributed by atoms with Crippen LogP contribution in [-0.2, 0) is 21.1 Å². The largest absolute Gasteiger partial charge is 0.381 e. The summed E-state index contributed by atoms with van der Waals surface area (Å²) in [7, 11) is -3.30. The Hall–Kier alpha value is -2.98. The summed E-state index contributed by atoms with van der Waals surface area (Å²) in [6.07, 6.45) is 6.12. The maximum atomic E-state index is 13.1. The predicted molar refractivity (Wildman–Crippen MR) is 118 cm³/mol. The Bertz CT molecular complexity index is 1200. The lowest BCUT2D eigenvalue weighted by atomic mass is 10.1. The third-order valence-electron chi connectivity index (χ3n) is 5.32. The predicted octanol–water partition coefficient (Wildman–Crippen LogP) is 2.70. The van der Waals surface area contributed by atoms with E-state index in [0.29, 0.717) is 42.3 Å². The maximum absolute atomic E-state index is 13.1. The van der Waals surface area contributed by atoms with Crippen LogP contribution in [-0.4, -0.2) is 54.6 Å². The molecule has 2 aromatic heterocycles. The van der Waals surface area contributed by atoms with E-state index in [1.807, 2.05) is 6.92 Å². The number of carbonyl (C=O) groups is 1. The van der Waals surface area contributed by atoms with E-state index in [1.54, 1.807) is 29.2 Å². The van der Waals surface area contributed by atoms with Gasteiger partial charge in [-0.1, -0.05) is 0 Å². The van der Waals surface area contributed by atoms with Crippen molar-refractivity contribution < 1.29 is 17.9 Å². The van der Waals surface area contributed by atoms with Gasteiger partial charge in [-0.15, -0.1) is 0 Å². The lowest BCUT2D eigenvalue weighted by Gasteiger charge is -2.25. The van der Waals surface area contributed by atoms with Gasteiger partial charge in [0, 0.05) is 43.9 Å². The smallest absolute Gasteiger partial charge is 0.259 e. The minimum atomic E-state index is -3.30. The van der Waals surface area contributed by atoms with Gasteiger partial charge in [-0.2, -0.15) is 5.10 Å². The number of aryl methyl sites for hydroxylation is 1. The number of pyridine rings is 1. The van der Waals surface area contributed by atoms with Crippen molar-refractivity contribution in [3.8, 4) is 0 Å². The van der Waals surface area contributed by atoms with Gasteiger partial charge in [0.1, 0.15) is 0 Å². The van der Waals surface area contributed by atoms with Crippen LogP contribution in [0.25, 0.3) is 11.0 Å². The van der Waals surface area contributed by atoms with Crippen molar-refractivity contribution in [1.29, 1.82) is 0 Å². The molecule has 0 unspecified atom stereocenters. The van der Waals surface area contributed by atoms with Gasteiger partial charge in [-0.05, 0) is 44.0 Å². The number of nitrogens with one attached hydrogen (secondary N) is 2. The van der Waals surface area contributed by atoms with Crippen LogP contribution in [0, 0.1) is 0 Å². The second-order valence-corrected chi connectivity index (χ2v) is 9.54. The average molecular weight is 444 g/mol. The van der Waals surface area contributed by atoms with E-state index in [-0.39, 0.29) is 16.8 Å². The summed E-state index contributed by atoms with van der Waals surface area (Å²) in [5.74, 6) is -0.333. The fourth-order valence-corrected chi connectivity index (χ4v) is 4.25. The minimum Gasteiger partial charge on any atom is -0.381 e. The standard InChI is InChI=1S/C21H25N5O4S/c1-3-26-20-17(13-23-26)19(24-15-8-10-30-11-9-15)18(12-22-20)21(27)25-14-4-6-16(7-5-14)31(2,28)29/h4-7,12-13,15H,3,8-11H2,1-2H3,(H,22,24)(H,25,27). The molecule has 0 aliphatic carbocycles. The van der Waals surface area contributed by atoms with Crippen LogP contribution in [0.1, 0.15) is 30.1 Å². The highest BCUT2D eigenvalue weighted by molar-refractivity contribution is 7.90. The molecule has 0 saturated carbocycles. The second kappa shape index (κ2) is 8.64. The molecule has 1 fully saturated rings. The molecule has 9 nitrogen and oxygen atoms in total. The average Bonchev–Trinajstić information content (AvgIpc) is 3.18. The quantitative estimate of drug-likeness (QED) is 0.602. The number of amides is 1. The van der Waals surface area contributed by atoms with Crippen molar-refractivity contribution in [2.75, 3.05) is 30.1 Å². The van der Waals surface area contributed by atoms with Crippen LogP contribution in [0.3, 0.4) is 0 Å². The summed E-state index contributed by atoms with van der Waals surface area (Å²) >= 11 is 0. The first kappa shape index (κ1) is 21.3. The van der Waals surface area contributed by atoms with Crippen LogP contribution in [0.5, 0.6) is 0 Å². The molecule has 31 heavy (non-hydrogen) atoms. The first-order valence-corrected chi connectivity index (χ1v) is 12.1. The molecule has 3 aromatic rings. The molecule has 1 aliphatic heterocycles. The Morgan fingerprint density at radius 3 is 2.55 bits per heavy atom. The van der Waals surface area contributed by atoms with Crippen molar-refractivity contribution in [2.24, 2.45) is 0 Å². The summed E-state index contributed by atoms with van der Waals surface area (Å²) < 4.78 is 30.5. The van der Waals surface area contributed by atoms with Crippen molar-refractivity contribution in [1.82, 2.24) is 14.8 Å². The van der Waals surface area contributed by atoms with Gasteiger partial charge >= 0.3 is 0 Å². The monoisotopic (exact) mass is 443 g/mol. The normalized spacial score (nSPS) is 15.2. The van der Waals surface area contributed by atoms with E-state index in [0.717, 1.165) is 24.5 Å². The number of anilines is 2. The summed E-state index contributed by atoms with van der Waals surface area (Å²) in [6.45, 7) is 4.01. The van der Waals surface area contributed by atoms with Gasteiger partial charge in [0.15, 0.2) is 15.5 Å². The highest BCUT2D eigenvalue weighted by Crippen LogP contribution is 2.29. The molecule has 3 heterocycles. The molecule has 1 aliphatic rings. The van der Waals surface area contributed by atoms with E-state index in [9.17, 15) is 13.2 Å². The fourth-order valence-electron chi connectivity index (χ4n) is 3.62. The molecular formula is C21H25N5O4S. The Labute approximate surface area is 180 Å². The number of sulfone groups is 1. The van der Waals surface area contributed by atoms with E-state index in [4.69, 9.17) is 4.74 Å². The molecule has 10 heteroatoms. The zero-order valence-corrected chi connectivity index (χ0v) is 18.3. The molecule has 0 atom stereocenters. The number of rotatable bonds is 6. The zero-order valence-electron chi connectivity index (χ0n) is 17.5. The van der Waals surface area contributed by atoms with E-state index in [2.05, 4.69) is 20.7 Å². The maximum Gasteiger partial charge on any atom is 0.259 e. The Morgan fingerprint density at radius 1 is 1.19 bits per heavy atom. The number of fused-ring (bicyclic) bond motifs is 1. The van der Waals surface area contributed by atoms with Gasteiger partial charge < -0.3 is 15.4 Å². The fraction of sp³-hybridized carbons (Fsp3) is 0.381. The molecular weight excluding hydrogens is 418 g/mol. The van der Waals surface area contributed by atoms with E-state index in [1.165, 1.54) is 12.1 Å². The van der Waals surface area contributed by atoms with Crippen molar-refractivity contribution in [2.45, 2.75) is 37.2 Å². The number of hydrogen-bond acceptors (Lipinski definition) is 7. The van der Waals surface area contributed by atoms with Crippen LogP contribution in [0.4, 0.5) is 11.4 Å². The lowest BCUT2D eigenvalue weighted by molar-refractivity contribution is 0.0904. The van der Waals surface area contributed by atoms with Crippen molar-refractivity contribution in [3.05, 3.63) is 42.2 Å². The van der Waals surface area contributed by atoms with Gasteiger partial charge in [0.2, 0.25) is 0 Å². The van der Waals surface area contributed by atoms with Crippen LogP contribution >= 0.6 is 0 Å². The van der Waals surface area contributed by atoms with Crippen molar-refractivity contribution in [3.63, 3.8) is 0 Å². The van der Waals surface area contributed by atoms with Crippen LogP contribution in [0.2, 0.25) is 0 Å². The summed E-state index contributed by atoms with van der Waals surface area (Å²) in [5, 5.41) is 11.5. The molecule has 1 amide bonds. The molecule has 0 bridgehead atoms. The van der Waals surface area contributed by atoms with Gasteiger partial charge in [0.25, 0.3) is 5.91 Å². The summed E-state index contributed by atoms with van der Waals surface area (Å²) in [5.41, 5.74) is 2.31. The van der Waals surface area contributed by atoms with E-state index >= 15 is 0 Å². The lowest BCUT2D eigenvalue weighted by Crippen LogP contribution is -2.29. The first-order chi connectivity index (χ1) is 14.9. The number of benzene rings is 1. The third-order valence-corrected chi connectivity index (χ3v) is 6.45. The molecule has 1 saturated heterocycles. The number of carbonyl (C=O) groups excluding carboxylic acids is 1. The Morgan fingerprint density at radius 2 is 1.90 bits per heavy atom. The van der Waals surface area contributed by atoms with Crippen LogP contribution < -0.4 is 10.6 Å². The minimum absolute atomic E-state index is 0.185. The van der Waals surface area contributed by atoms with Crippen molar-refractivity contribution >= 4 is 38.2 Å². The molecule has 0 spiro atoms. The number of ether oxygens (including phenoxy) is 1. The van der Waals surface area contributed by atoms with Gasteiger partial charge in [-0.3, -0.25) is 4.79 Å². The van der Waals surface area contributed by atoms with Gasteiger partial charge in [0.05, 0.1) is 27.7 Å². The number of hydrogen-bond donors (Lipinski definition) is 2. The Balaban J connectivity index is 1.66. The molecule has 2 N–H and O–H groups in total. The number of nitrogens with zero attached hydrogens (tertiary/aromatic N) is 3. The second-order valence-electron chi connectivity index (χ2n) is 7.53.